The van der Waals surface area contributed by atoms with E-state index in [4.69, 9.17) is 10.00 Å². The van der Waals surface area contributed by atoms with Crippen LogP contribution in [0.2, 0.25) is 0 Å². The van der Waals surface area contributed by atoms with Crippen molar-refractivity contribution in [3.63, 3.8) is 0 Å². The Bertz CT molecular complexity index is 1090. The van der Waals surface area contributed by atoms with Crippen LogP contribution in [-0.2, 0) is 16.0 Å². The van der Waals surface area contributed by atoms with Crippen molar-refractivity contribution < 1.29 is 14.3 Å². The number of esters is 1. The maximum Gasteiger partial charge on any atom is 0.325 e. The van der Waals surface area contributed by atoms with Gasteiger partial charge in [-0.3, -0.25) is 9.69 Å². The predicted octanol–water partition coefficient (Wildman–Crippen LogP) is 3.94. The number of allylic oxidation sites excluding steroid dienone is 2. The minimum absolute atomic E-state index is 0.0786. The Morgan fingerprint density at radius 2 is 1.81 bits per heavy atom. The lowest BCUT2D eigenvalue weighted by atomic mass is 9.93. The Hall–Kier alpha value is -3.85. The molecule has 1 aliphatic heterocycles. The zero-order chi connectivity index (χ0) is 21.8. The van der Waals surface area contributed by atoms with Crippen LogP contribution in [0.1, 0.15) is 24.0 Å². The molecular formula is C25H23N3O3. The molecule has 6 nitrogen and oxygen atoms in total. The number of carbonyl (C=O) groups is 2. The van der Waals surface area contributed by atoms with Crippen molar-refractivity contribution in [2.24, 2.45) is 0 Å². The first-order chi connectivity index (χ1) is 15.1. The average Bonchev–Trinajstić information content (AvgIpc) is 3.13. The topological polar surface area (TPSA) is 82.4 Å². The van der Waals surface area contributed by atoms with Gasteiger partial charge in [-0.05, 0) is 53.7 Å². The molecule has 1 atom stereocenters. The van der Waals surface area contributed by atoms with Crippen LogP contribution in [-0.4, -0.2) is 36.6 Å². The van der Waals surface area contributed by atoms with E-state index in [2.05, 4.69) is 47.8 Å². The Labute approximate surface area is 181 Å². The Balaban J connectivity index is 1.48. The molecule has 1 aliphatic carbocycles. The second-order valence-corrected chi connectivity index (χ2v) is 7.60. The number of aryl methyl sites for hydroxylation is 1. The van der Waals surface area contributed by atoms with Gasteiger partial charge >= 0.3 is 12.0 Å². The number of nitrogens with one attached hydrogen (secondary N) is 1. The Kier molecular flexibility index (Phi) is 5.85. The lowest BCUT2D eigenvalue weighted by molar-refractivity contribution is -0.140. The molecule has 31 heavy (non-hydrogen) atoms. The molecule has 2 aromatic rings. The number of nitriles is 1. The van der Waals surface area contributed by atoms with E-state index < -0.39 is 5.97 Å². The Morgan fingerprint density at radius 1 is 1.13 bits per heavy atom. The summed E-state index contributed by atoms with van der Waals surface area (Å²) in [6, 6.07) is 17.7. The minimum atomic E-state index is -0.435. The van der Waals surface area contributed by atoms with Gasteiger partial charge in [0.05, 0.1) is 24.8 Å². The van der Waals surface area contributed by atoms with E-state index in [9.17, 15) is 9.59 Å². The third kappa shape index (κ3) is 4.36. The fraction of sp³-hybridized carbons (Fsp3) is 0.240. The summed E-state index contributed by atoms with van der Waals surface area (Å²) in [7, 11) is 1.32. The van der Waals surface area contributed by atoms with Gasteiger partial charge in [-0.25, -0.2) is 4.79 Å². The summed E-state index contributed by atoms with van der Waals surface area (Å²) in [5.74, 6) is -0.435. The van der Waals surface area contributed by atoms with Gasteiger partial charge < -0.3 is 10.1 Å². The summed E-state index contributed by atoms with van der Waals surface area (Å²) in [6.07, 6.45) is 6.44. The second kappa shape index (κ2) is 8.88. The van der Waals surface area contributed by atoms with E-state index >= 15 is 0 Å². The third-order valence-corrected chi connectivity index (χ3v) is 5.68. The van der Waals surface area contributed by atoms with E-state index in [-0.39, 0.29) is 18.6 Å². The number of ether oxygens (including phenoxy) is 1. The first-order valence-corrected chi connectivity index (χ1v) is 10.2. The van der Waals surface area contributed by atoms with Gasteiger partial charge in [-0.2, -0.15) is 5.26 Å². The van der Waals surface area contributed by atoms with Gasteiger partial charge in [0, 0.05) is 5.70 Å². The van der Waals surface area contributed by atoms with E-state index in [1.807, 2.05) is 24.3 Å². The minimum Gasteiger partial charge on any atom is -0.468 e. The molecule has 1 N–H and O–H groups in total. The summed E-state index contributed by atoms with van der Waals surface area (Å²) in [6.45, 7) is -0.0786. The van der Waals surface area contributed by atoms with E-state index in [0.717, 1.165) is 41.7 Å². The van der Waals surface area contributed by atoms with Crippen LogP contribution in [0, 0.1) is 11.3 Å². The highest BCUT2D eigenvalue weighted by Crippen LogP contribution is 2.31. The Morgan fingerprint density at radius 3 is 2.45 bits per heavy atom. The van der Waals surface area contributed by atoms with Crippen molar-refractivity contribution in [3.8, 4) is 17.2 Å². The molecule has 4 rings (SSSR count). The van der Waals surface area contributed by atoms with Crippen molar-refractivity contribution in [1.29, 1.82) is 5.26 Å². The zero-order valence-electron chi connectivity index (χ0n) is 17.3. The largest absolute Gasteiger partial charge is 0.468 e. The standard InChI is InChI=1S/C25H23N3O3/c1-31-23(29)16-28-24-21(3-2-4-22(24)27-25(28)30)14-7-17-5-10-19(11-6-17)20-12-8-18(15-26)9-13-20/h2-3,5-6,8-13,22H,4,7,14,16H2,1H3,(H,27,30). The number of rotatable bonds is 6. The third-order valence-electron chi connectivity index (χ3n) is 5.68. The number of methoxy groups -OCH3 is 1. The molecule has 0 spiro atoms. The molecule has 1 fully saturated rings. The zero-order valence-corrected chi connectivity index (χ0v) is 17.3. The van der Waals surface area contributed by atoms with Gasteiger partial charge in [0.1, 0.15) is 6.54 Å². The van der Waals surface area contributed by atoms with Crippen LogP contribution in [0.15, 0.2) is 72.0 Å². The molecular weight excluding hydrogens is 390 g/mol. The van der Waals surface area contributed by atoms with Gasteiger partial charge in [0.15, 0.2) is 0 Å². The first kappa shape index (κ1) is 20.4. The number of hydrogen-bond acceptors (Lipinski definition) is 4. The van der Waals surface area contributed by atoms with Gasteiger partial charge in [0.25, 0.3) is 0 Å². The number of hydrogen-bond donors (Lipinski definition) is 1. The van der Waals surface area contributed by atoms with Crippen molar-refractivity contribution >= 4 is 12.0 Å². The maximum atomic E-state index is 12.4. The monoisotopic (exact) mass is 413 g/mol. The van der Waals surface area contributed by atoms with Crippen LogP contribution in [0.5, 0.6) is 0 Å². The van der Waals surface area contributed by atoms with Crippen molar-refractivity contribution in [2.75, 3.05) is 13.7 Å². The molecule has 1 heterocycles. The fourth-order valence-corrected chi connectivity index (χ4v) is 4.03. The lowest BCUT2D eigenvalue weighted by Gasteiger charge is -2.23. The predicted molar refractivity (Wildman–Crippen MR) is 117 cm³/mol. The van der Waals surface area contributed by atoms with Crippen molar-refractivity contribution in [3.05, 3.63) is 83.1 Å². The van der Waals surface area contributed by atoms with Gasteiger partial charge in [-0.15, -0.1) is 0 Å². The summed E-state index contributed by atoms with van der Waals surface area (Å²) in [5, 5.41) is 11.9. The molecule has 1 unspecified atom stereocenters. The molecule has 0 saturated carbocycles. The van der Waals surface area contributed by atoms with E-state index in [0.29, 0.717) is 5.56 Å². The number of urea groups is 1. The molecule has 156 valence electrons. The summed E-state index contributed by atoms with van der Waals surface area (Å²) in [5.41, 5.74) is 5.96. The number of fused-ring (bicyclic) bond motifs is 1. The highest BCUT2D eigenvalue weighted by molar-refractivity contribution is 5.86. The summed E-state index contributed by atoms with van der Waals surface area (Å²) < 4.78 is 4.75. The smallest absolute Gasteiger partial charge is 0.325 e. The quantitative estimate of drug-likeness (QED) is 0.727. The van der Waals surface area contributed by atoms with Crippen molar-refractivity contribution in [1.82, 2.24) is 10.2 Å². The van der Waals surface area contributed by atoms with Gasteiger partial charge in [-0.1, -0.05) is 48.6 Å². The fourth-order valence-electron chi connectivity index (χ4n) is 4.03. The van der Waals surface area contributed by atoms with E-state index in [1.54, 1.807) is 0 Å². The molecule has 0 bridgehead atoms. The normalized spacial score (nSPS) is 17.2. The summed E-state index contributed by atoms with van der Waals surface area (Å²) in [4.78, 5) is 25.6. The van der Waals surface area contributed by atoms with E-state index in [1.165, 1.54) is 17.6 Å². The molecule has 6 heteroatoms. The second-order valence-electron chi connectivity index (χ2n) is 7.60. The van der Waals surface area contributed by atoms with Crippen LogP contribution in [0.4, 0.5) is 4.79 Å². The van der Waals surface area contributed by atoms with Crippen LogP contribution < -0.4 is 5.32 Å². The maximum absolute atomic E-state index is 12.4. The number of carbonyl (C=O) groups excluding carboxylic acids is 2. The highest BCUT2D eigenvalue weighted by atomic mass is 16.5. The number of benzene rings is 2. The molecule has 0 radical (unpaired) electrons. The molecule has 1 saturated heterocycles. The summed E-state index contributed by atoms with van der Waals surface area (Å²) >= 11 is 0. The van der Waals surface area contributed by atoms with Crippen LogP contribution >= 0.6 is 0 Å². The van der Waals surface area contributed by atoms with Crippen molar-refractivity contribution in [2.45, 2.75) is 25.3 Å². The number of nitrogens with zero attached hydrogens (tertiary/aromatic N) is 2. The van der Waals surface area contributed by atoms with Crippen LogP contribution in [0.3, 0.4) is 0 Å². The molecule has 0 aromatic heterocycles. The van der Waals surface area contributed by atoms with Gasteiger partial charge in [0.2, 0.25) is 0 Å². The average molecular weight is 413 g/mol. The molecule has 2 aliphatic rings. The van der Waals surface area contributed by atoms with Crippen LogP contribution in [0.25, 0.3) is 11.1 Å². The SMILES string of the molecule is COC(=O)CN1C(=O)NC2CC=CC(CCc3ccc(-c4ccc(C#N)cc4)cc3)=C21. The first-order valence-electron chi connectivity index (χ1n) is 10.2. The highest BCUT2D eigenvalue weighted by Gasteiger charge is 2.37. The lowest BCUT2D eigenvalue weighted by Crippen LogP contribution is -2.33. The molecule has 2 amide bonds. The molecule has 2 aromatic carbocycles. The number of amides is 2.